The molecule has 0 N–H and O–H groups in total. The standard InChI is InChI=1S/C45H35N3/c1-3-14-32-28(11-1)24-41(36-18-7-5-16-34(32)36)43-27-44(42-25-29-12-2-4-15-33(29)35-17-6-8-19-37(35)42)48-45(47-43)38-21-20-30(39-26-40(38)39)23-31-13-9-10-22-46-31/h1,3-11,13-22,24-25,27-28,30,32,39H,2,12,23,26H2/t28?,30-,32?,39?/m0/s1. The van der Waals surface area contributed by atoms with Gasteiger partial charge in [0.25, 0.3) is 0 Å². The third-order valence-corrected chi connectivity index (χ3v) is 11.0. The summed E-state index contributed by atoms with van der Waals surface area (Å²) in [7, 11) is 0. The predicted octanol–water partition coefficient (Wildman–Crippen LogP) is 10.1. The van der Waals surface area contributed by atoms with Gasteiger partial charge < -0.3 is 0 Å². The lowest BCUT2D eigenvalue weighted by Crippen LogP contribution is -2.17. The minimum Gasteiger partial charge on any atom is -0.261 e. The quantitative estimate of drug-likeness (QED) is 0.197. The van der Waals surface area contributed by atoms with Crippen LogP contribution < -0.4 is 0 Å². The molecule has 10 rings (SSSR count). The first-order chi connectivity index (χ1) is 23.8. The van der Waals surface area contributed by atoms with Gasteiger partial charge in [0.1, 0.15) is 0 Å². The third-order valence-electron chi connectivity index (χ3n) is 11.0. The molecule has 0 saturated heterocycles. The lowest BCUT2D eigenvalue weighted by Gasteiger charge is -2.30. The van der Waals surface area contributed by atoms with Crippen LogP contribution in [-0.4, -0.2) is 15.0 Å². The van der Waals surface area contributed by atoms with E-state index in [0.717, 1.165) is 48.6 Å². The van der Waals surface area contributed by atoms with Gasteiger partial charge in [-0.15, -0.1) is 0 Å². The van der Waals surface area contributed by atoms with E-state index in [1.807, 2.05) is 12.3 Å². The van der Waals surface area contributed by atoms with Crippen LogP contribution in [0.25, 0.3) is 39.3 Å². The molecule has 2 heterocycles. The summed E-state index contributed by atoms with van der Waals surface area (Å²) >= 11 is 0. The molecule has 1 saturated carbocycles. The topological polar surface area (TPSA) is 38.7 Å². The molecular weight excluding hydrogens is 583 g/mol. The molecule has 3 heteroatoms. The Kier molecular flexibility index (Phi) is 6.40. The summed E-state index contributed by atoms with van der Waals surface area (Å²) in [5.41, 5.74) is 13.6. The van der Waals surface area contributed by atoms with Gasteiger partial charge in [-0.1, -0.05) is 115 Å². The first-order valence-electron chi connectivity index (χ1n) is 17.4. The Morgan fingerprint density at radius 1 is 0.750 bits per heavy atom. The van der Waals surface area contributed by atoms with Crippen LogP contribution >= 0.6 is 0 Å². The average Bonchev–Trinajstić information content (AvgIpc) is 3.96. The monoisotopic (exact) mass is 617 g/mol. The van der Waals surface area contributed by atoms with Crippen molar-refractivity contribution in [3.63, 3.8) is 0 Å². The first kappa shape index (κ1) is 27.7. The summed E-state index contributed by atoms with van der Waals surface area (Å²) in [6.07, 6.45) is 26.9. The van der Waals surface area contributed by atoms with E-state index in [1.165, 1.54) is 55.3 Å². The summed E-state index contributed by atoms with van der Waals surface area (Å²) in [5, 5.41) is 2.54. The lowest BCUT2D eigenvalue weighted by molar-refractivity contribution is 0.572. The van der Waals surface area contributed by atoms with E-state index in [0.29, 0.717) is 23.7 Å². The van der Waals surface area contributed by atoms with Crippen molar-refractivity contribution in [3.05, 3.63) is 179 Å². The number of allylic oxidation sites excluding steroid dienone is 10. The maximum absolute atomic E-state index is 5.44. The molecule has 1 fully saturated rings. The fourth-order valence-electron chi connectivity index (χ4n) is 8.54. The normalized spacial score (nSPS) is 23.0. The maximum atomic E-state index is 5.44. The highest BCUT2D eigenvalue weighted by molar-refractivity contribution is 6.02. The van der Waals surface area contributed by atoms with E-state index >= 15 is 0 Å². The van der Waals surface area contributed by atoms with Gasteiger partial charge in [-0.3, -0.25) is 4.98 Å². The minimum atomic E-state index is 0.301. The van der Waals surface area contributed by atoms with Gasteiger partial charge in [0.15, 0.2) is 5.82 Å². The second-order valence-corrected chi connectivity index (χ2v) is 13.8. The van der Waals surface area contributed by atoms with Crippen molar-refractivity contribution in [1.29, 1.82) is 0 Å². The predicted molar refractivity (Wildman–Crippen MR) is 196 cm³/mol. The molecule has 5 aliphatic rings. The Morgan fingerprint density at radius 2 is 1.60 bits per heavy atom. The van der Waals surface area contributed by atoms with Crippen LogP contribution in [-0.2, 0) is 12.8 Å². The zero-order valence-corrected chi connectivity index (χ0v) is 26.8. The second-order valence-electron chi connectivity index (χ2n) is 13.8. The average molecular weight is 618 g/mol. The van der Waals surface area contributed by atoms with Crippen LogP contribution in [0.3, 0.4) is 0 Å². The maximum Gasteiger partial charge on any atom is 0.160 e. The summed E-state index contributed by atoms with van der Waals surface area (Å²) in [6.45, 7) is 0. The third kappa shape index (κ3) is 4.60. The van der Waals surface area contributed by atoms with Crippen LogP contribution in [0.5, 0.6) is 0 Å². The molecule has 0 spiro atoms. The number of aromatic nitrogens is 3. The fraction of sp³-hybridized carbons (Fsp3) is 0.178. The number of aryl methyl sites for hydroxylation is 1. The molecule has 48 heavy (non-hydrogen) atoms. The summed E-state index contributed by atoms with van der Waals surface area (Å²) in [5.74, 6) is 2.50. The molecule has 3 aromatic carbocycles. The summed E-state index contributed by atoms with van der Waals surface area (Å²) in [6, 6.07) is 28.6. The minimum absolute atomic E-state index is 0.301. The van der Waals surface area contributed by atoms with Crippen molar-refractivity contribution in [3.8, 4) is 11.3 Å². The molecule has 5 aromatic rings. The van der Waals surface area contributed by atoms with E-state index in [9.17, 15) is 0 Å². The SMILES string of the molecule is C1=CC2C=C(c3cc(-c4cc5c(c6ccccc46)C=CCC5)nc(C4=C5CC5[C@H](Cc5ccccn5)C=C4)n3)c3ccccc3C2C=C1. The van der Waals surface area contributed by atoms with E-state index < -0.39 is 0 Å². The molecule has 0 radical (unpaired) electrons. The van der Waals surface area contributed by atoms with Gasteiger partial charge in [-0.2, -0.15) is 0 Å². The van der Waals surface area contributed by atoms with Crippen molar-refractivity contribution >= 4 is 28.0 Å². The molecule has 4 atom stereocenters. The number of fused-ring (bicyclic) bond motifs is 7. The Bertz CT molecular complexity index is 2320. The van der Waals surface area contributed by atoms with E-state index in [-0.39, 0.29) is 0 Å². The smallest absolute Gasteiger partial charge is 0.160 e. The molecule has 0 aliphatic heterocycles. The van der Waals surface area contributed by atoms with Crippen LogP contribution in [0.2, 0.25) is 0 Å². The van der Waals surface area contributed by atoms with Gasteiger partial charge in [0.05, 0.1) is 11.4 Å². The Hall–Kier alpha value is -5.41. The van der Waals surface area contributed by atoms with Crippen LogP contribution in [0.4, 0.5) is 0 Å². The molecule has 2 aromatic heterocycles. The van der Waals surface area contributed by atoms with E-state index in [1.54, 1.807) is 0 Å². The fourth-order valence-corrected chi connectivity index (χ4v) is 8.54. The van der Waals surface area contributed by atoms with Crippen LogP contribution in [0.1, 0.15) is 58.2 Å². The summed E-state index contributed by atoms with van der Waals surface area (Å²) < 4.78 is 0. The highest BCUT2D eigenvalue weighted by atomic mass is 14.9. The van der Waals surface area contributed by atoms with E-state index in [2.05, 4.69) is 132 Å². The number of benzene rings is 3. The van der Waals surface area contributed by atoms with Crippen molar-refractivity contribution in [2.24, 2.45) is 17.8 Å². The number of hydrogen-bond acceptors (Lipinski definition) is 3. The number of pyridine rings is 1. The highest BCUT2D eigenvalue weighted by Crippen LogP contribution is 2.53. The highest BCUT2D eigenvalue weighted by Gasteiger charge is 2.41. The molecule has 5 aliphatic carbocycles. The lowest BCUT2D eigenvalue weighted by atomic mass is 9.74. The largest absolute Gasteiger partial charge is 0.261 e. The van der Waals surface area contributed by atoms with Gasteiger partial charge >= 0.3 is 0 Å². The number of nitrogens with zero attached hydrogens (tertiary/aromatic N) is 3. The summed E-state index contributed by atoms with van der Waals surface area (Å²) in [4.78, 5) is 15.5. The molecule has 3 unspecified atom stereocenters. The van der Waals surface area contributed by atoms with Crippen LogP contribution in [0.15, 0.2) is 139 Å². The second kappa shape index (κ2) is 11.1. The Labute approximate surface area is 281 Å². The molecule has 0 bridgehead atoms. The van der Waals surface area contributed by atoms with Crippen molar-refractivity contribution < 1.29 is 0 Å². The van der Waals surface area contributed by atoms with Gasteiger partial charge in [-0.25, -0.2) is 9.97 Å². The zero-order chi connectivity index (χ0) is 31.6. The molecule has 3 nitrogen and oxygen atoms in total. The first-order valence-corrected chi connectivity index (χ1v) is 17.4. The van der Waals surface area contributed by atoms with Gasteiger partial charge in [0.2, 0.25) is 0 Å². The van der Waals surface area contributed by atoms with Gasteiger partial charge in [0, 0.05) is 40.4 Å². The van der Waals surface area contributed by atoms with Crippen molar-refractivity contribution in [1.82, 2.24) is 15.0 Å². The number of hydrogen-bond donors (Lipinski definition) is 0. The van der Waals surface area contributed by atoms with Crippen molar-refractivity contribution in [2.45, 2.75) is 31.6 Å². The van der Waals surface area contributed by atoms with Gasteiger partial charge in [-0.05, 0) is 94.8 Å². The molecular formula is C45H35N3. The molecule has 0 amide bonds. The Balaban J connectivity index is 1.15. The van der Waals surface area contributed by atoms with Crippen molar-refractivity contribution in [2.75, 3.05) is 0 Å². The molecule has 230 valence electrons. The van der Waals surface area contributed by atoms with E-state index in [4.69, 9.17) is 9.97 Å². The zero-order valence-electron chi connectivity index (χ0n) is 26.8. The number of rotatable bonds is 5. The Morgan fingerprint density at radius 3 is 2.54 bits per heavy atom. The van der Waals surface area contributed by atoms with Crippen LogP contribution in [0, 0.1) is 17.8 Å².